The van der Waals surface area contributed by atoms with Crippen LogP contribution in [0.3, 0.4) is 0 Å². The molecule has 0 fully saturated rings. The van der Waals surface area contributed by atoms with Gasteiger partial charge >= 0.3 is 0 Å². The lowest BCUT2D eigenvalue weighted by atomic mass is 10.1. The Kier molecular flexibility index (Phi) is 4.96. The number of thiophene rings is 1. The maximum atomic E-state index is 11.6. The number of nitrogens with zero attached hydrogens (tertiary/aromatic N) is 3. The molecule has 4 nitrogen and oxygen atoms in total. The van der Waals surface area contributed by atoms with E-state index in [0.29, 0.717) is 5.75 Å². The molecule has 0 saturated heterocycles. The standard InChI is InChI=1S/C18H21N3OS2/c1-12(11-24(4)22)21(3)17-16-15(14-8-6-5-7-9-14)10-23-18(16)20-13(2)19-17/h5-10,12H,11H2,1-4H3/t12-,24-/m1/s1. The molecule has 3 aromatic rings. The van der Waals surface area contributed by atoms with Gasteiger partial charge in [-0.15, -0.1) is 11.3 Å². The number of fused-ring (bicyclic) bond motifs is 1. The molecule has 0 radical (unpaired) electrons. The van der Waals surface area contributed by atoms with Crippen LogP contribution < -0.4 is 4.90 Å². The fourth-order valence-electron chi connectivity index (χ4n) is 2.77. The monoisotopic (exact) mass is 359 g/mol. The normalized spacial score (nSPS) is 13.8. The van der Waals surface area contributed by atoms with Crippen molar-refractivity contribution < 1.29 is 4.21 Å². The zero-order valence-electron chi connectivity index (χ0n) is 14.3. The number of benzene rings is 1. The van der Waals surface area contributed by atoms with E-state index in [1.807, 2.05) is 32.2 Å². The third kappa shape index (κ3) is 3.35. The highest BCUT2D eigenvalue weighted by molar-refractivity contribution is 7.84. The number of aromatic nitrogens is 2. The van der Waals surface area contributed by atoms with Gasteiger partial charge in [0.05, 0.1) is 5.39 Å². The minimum absolute atomic E-state index is 0.136. The Labute approximate surface area is 149 Å². The smallest absolute Gasteiger partial charge is 0.141 e. The van der Waals surface area contributed by atoms with Gasteiger partial charge in [-0.25, -0.2) is 9.97 Å². The summed E-state index contributed by atoms with van der Waals surface area (Å²) in [6.45, 7) is 4.00. The Hall–Kier alpha value is -1.79. The Bertz CT molecular complexity index is 877. The van der Waals surface area contributed by atoms with Crippen LogP contribution in [-0.2, 0) is 10.8 Å². The van der Waals surface area contributed by atoms with Crippen molar-refractivity contribution >= 4 is 38.2 Å². The van der Waals surface area contributed by atoms with E-state index < -0.39 is 10.8 Å². The average molecular weight is 360 g/mol. The van der Waals surface area contributed by atoms with Gasteiger partial charge in [-0.3, -0.25) is 4.21 Å². The molecule has 2 atom stereocenters. The fraction of sp³-hybridized carbons (Fsp3) is 0.333. The molecule has 6 heteroatoms. The first-order valence-corrected chi connectivity index (χ1v) is 10.4. The predicted octanol–water partition coefficient (Wildman–Crippen LogP) is 3.87. The van der Waals surface area contributed by atoms with Crippen molar-refractivity contribution in [2.45, 2.75) is 19.9 Å². The van der Waals surface area contributed by atoms with Crippen LogP contribution >= 0.6 is 11.3 Å². The van der Waals surface area contributed by atoms with Crippen molar-refractivity contribution in [3.63, 3.8) is 0 Å². The molecule has 0 saturated carbocycles. The second-order valence-electron chi connectivity index (χ2n) is 5.99. The first-order chi connectivity index (χ1) is 11.5. The predicted molar refractivity (Wildman–Crippen MR) is 104 cm³/mol. The van der Waals surface area contributed by atoms with E-state index in [4.69, 9.17) is 4.98 Å². The van der Waals surface area contributed by atoms with Crippen LogP contribution in [0, 0.1) is 6.92 Å². The van der Waals surface area contributed by atoms with E-state index in [1.165, 1.54) is 0 Å². The quantitative estimate of drug-likeness (QED) is 0.694. The fourth-order valence-corrected chi connectivity index (χ4v) is 4.66. The lowest BCUT2D eigenvalue weighted by Crippen LogP contribution is -2.34. The maximum absolute atomic E-state index is 11.6. The molecule has 3 rings (SSSR count). The van der Waals surface area contributed by atoms with Gasteiger partial charge in [0.1, 0.15) is 16.5 Å². The molecule has 0 aliphatic carbocycles. The zero-order chi connectivity index (χ0) is 17.3. The molecule has 1 aromatic carbocycles. The van der Waals surface area contributed by atoms with Crippen LogP contribution in [0.4, 0.5) is 5.82 Å². The number of anilines is 1. The summed E-state index contributed by atoms with van der Waals surface area (Å²) in [5.41, 5.74) is 2.32. The largest absolute Gasteiger partial charge is 0.355 e. The third-order valence-electron chi connectivity index (χ3n) is 4.08. The average Bonchev–Trinajstić information content (AvgIpc) is 2.97. The summed E-state index contributed by atoms with van der Waals surface area (Å²) in [5.74, 6) is 2.29. The highest BCUT2D eigenvalue weighted by Crippen LogP contribution is 2.38. The second-order valence-corrected chi connectivity index (χ2v) is 8.33. The molecule has 0 spiro atoms. The highest BCUT2D eigenvalue weighted by atomic mass is 32.2. The number of hydrogen-bond acceptors (Lipinski definition) is 5. The first-order valence-electron chi connectivity index (χ1n) is 7.81. The van der Waals surface area contributed by atoms with Gasteiger partial charge in [-0.2, -0.15) is 0 Å². The molecule has 24 heavy (non-hydrogen) atoms. The molecule has 2 aromatic heterocycles. The SMILES string of the molecule is Cc1nc(N(C)[C@H](C)C[S@@](C)=O)c2c(-c3ccccc3)csc2n1. The van der Waals surface area contributed by atoms with Crippen LogP contribution in [0.2, 0.25) is 0 Å². The lowest BCUT2D eigenvalue weighted by Gasteiger charge is -2.26. The molecule has 0 amide bonds. The van der Waals surface area contributed by atoms with Crippen LogP contribution in [0.1, 0.15) is 12.7 Å². The molecular weight excluding hydrogens is 338 g/mol. The lowest BCUT2D eigenvalue weighted by molar-refractivity contribution is 0.674. The zero-order valence-corrected chi connectivity index (χ0v) is 15.9. The summed E-state index contributed by atoms with van der Waals surface area (Å²) in [5, 5.41) is 3.22. The van der Waals surface area contributed by atoms with E-state index in [2.05, 4.69) is 34.3 Å². The molecule has 0 aliphatic rings. The van der Waals surface area contributed by atoms with E-state index in [9.17, 15) is 4.21 Å². The van der Waals surface area contributed by atoms with Gasteiger partial charge in [0.25, 0.3) is 0 Å². The van der Waals surface area contributed by atoms with Crippen LogP contribution in [-0.4, -0.2) is 39.3 Å². The molecule has 0 bridgehead atoms. The van der Waals surface area contributed by atoms with Crippen molar-refractivity contribution in [1.82, 2.24) is 9.97 Å². The van der Waals surface area contributed by atoms with Crippen LogP contribution in [0.5, 0.6) is 0 Å². The Balaban J connectivity index is 2.16. The summed E-state index contributed by atoms with van der Waals surface area (Å²) in [7, 11) is 1.18. The van der Waals surface area contributed by atoms with E-state index >= 15 is 0 Å². The summed E-state index contributed by atoms with van der Waals surface area (Å²) in [4.78, 5) is 12.4. The molecule has 2 heterocycles. The van der Waals surface area contributed by atoms with Crippen molar-refractivity contribution in [2.24, 2.45) is 0 Å². The van der Waals surface area contributed by atoms with E-state index in [1.54, 1.807) is 17.6 Å². The van der Waals surface area contributed by atoms with Crippen LogP contribution in [0.25, 0.3) is 21.3 Å². The Morgan fingerprint density at radius 1 is 1.25 bits per heavy atom. The van der Waals surface area contributed by atoms with Gasteiger partial charge in [0, 0.05) is 46.8 Å². The van der Waals surface area contributed by atoms with Crippen molar-refractivity contribution in [3.8, 4) is 11.1 Å². The Morgan fingerprint density at radius 3 is 2.62 bits per heavy atom. The molecular formula is C18H21N3OS2. The maximum Gasteiger partial charge on any atom is 0.141 e. The third-order valence-corrected chi connectivity index (χ3v) is 5.91. The van der Waals surface area contributed by atoms with Gasteiger partial charge in [0.2, 0.25) is 0 Å². The molecule has 0 N–H and O–H groups in total. The topological polar surface area (TPSA) is 46.1 Å². The van der Waals surface area contributed by atoms with Gasteiger partial charge < -0.3 is 4.90 Å². The van der Waals surface area contributed by atoms with Crippen molar-refractivity contribution in [2.75, 3.05) is 24.0 Å². The Morgan fingerprint density at radius 2 is 1.96 bits per heavy atom. The number of rotatable bonds is 5. The molecule has 0 unspecified atom stereocenters. The summed E-state index contributed by atoms with van der Waals surface area (Å²) >= 11 is 1.64. The van der Waals surface area contributed by atoms with Gasteiger partial charge in [-0.05, 0) is 19.4 Å². The van der Waals surface area contributed by atoms with Gasteiger partial charge in [-0.1, -0.05) is 30.3 Å². The van der Waals surface area contributed by atoms with Crippen molar-refractivity contribution in [1.29, 1.82) is 0 Å². The molecule has 0 aliphatic heterocycles. The molecule has 126 valence electrons. The minimum Gasteiger partial charge on any atom is -0.355 e. The first kappa shape index (κ1) is 17.0. The number of aryl methyl sites for hydroxylation is 1. The summed E-state index contributed by atoms with van der Waals surface area (Å²) in [6, 6.07) is 10.5. The van der Waals surface area contributed by atoms with Crippen molar-refractivity contribution in [3.05, 3.63) is 41.5 Å². The highest BCUT2D eigenvalue weighted by Gasteiger charge is 2.20. The van der Waals surface area contributed by atoms with E-state index in [0.717, 1.165) is 33.0 Å². The van der Waals surface area contributed by atoms with E-state index in [-0.39, 0.29) is 6.04 Å². The minimum atomic E-state index is -0.843. The summed E-state index contributed by atoms with van der Waals surface area (Å²) in [6.07, 6.45) is 1.74. The number of hydrogen-bond donors (Lipinski definition) is 0. The van der Waals surface area contributed by atoms with Crippen LogP contribution in [0.15, 0.2) is 35.7 Å². The van der Waals surface area contributed by atoms with Gasteiger partial charge in [0.15, 0.2) is 0 Å². The summed E-state index contributed by atoms with van der Waals surface area (Å²) < 4.78 is 11.6. The second kappa shape index (κ2) is 6.99.